The number of amidine groups is 1. The zero-order chi connectivity index (χ0) is 13.7. The lowest BCUT2D eigenvalue weighted by Crippen LogP contribution is -2.44. The quantitative estimate of drug-likeness (QED) is 0.327. The molecular weight excluding hydrogens is 230 g/mol. The van der Waals surface area contributed by atoms with Gasteiger partial charge in [0.15, 0.2) is 5.84 Å². The maximum absolute atomic E-state index is 12.1. The normalized spacial score (nSPS) is 13.2. The number of amides is 1. The molecule has 0 fully saturated rings. The van der Waals surface area contributed by atoms with E-state index in [2.05, 4.69) is 10.5 Å². The summed E-state index contributed by atoms with van der Waals surface area (Å²) in [6.07, 6.45) is 0.562. The summed E-state index contributed by atoms with van der Waals surface area (Å²) >= 11 is 0. The van der Waals surface area contributed by atoms with Crippen LogP contribution in [-0.4, -0.2) is 23.0 Å². The van der Waals surface area contributed by atoms with Gasteiger partial charge in [0.2, 0.25) is 0 Å². The van der Waals surface area contributed by atoms with Gasteiger partial charge in [0.1, 0.15) is 0 Å². The summed E-state index contributed by atoms with van der Waals surface area (Å²) in [5, 5.41) is 14.3. The Morgan fingerprint density at radius 2 is 2.17 bits per heavy atom. The minimum atomic E-state index is -0.456. The molecule has 1 rings (SSSR count). The van der Waals surface area contributed by atoms with Crippen LogP contribution in [-0.2, 0) is 0 Å². The molecular formula is C13H19N3O2. The monoisotopic (exact) mass is 249 g/mol. The van der Waals surface area contributed by atoms with Crippen molar-refractivity contribution in [2.75, 3.05) is 0 Å². The third-order valence-electron chi connectivity index (χ3n) is 3.04. The van der Waals surface area contributed by atoms with Gasteiger partial charge in [-0.05, 0) is 37.5 Å². The number of benzene rings is 1. The molecule has 0 aliphatic carbocycles. The van der Waals surface area contributed by atoms with E-state index in [1.165, 1.54) is 0 Å². The molecule has 1 unspecified atom stereocenters. The number of oxime groups is 1. The van der Waals surface area contributed by atoms with Crippen LogP contribution in [0.25, 0.3) is 0 Å². The molecule has 5 nitrogen and oxygen atoms in total. The van der Waals surface area contributed by atoms with Crippen molar-refractivity contribution in [2.45, 2.75) is 33.2 Å². The number of hydrogen-bond donors (Lipinski definition) is 3. The number of aryl methyl sites for hydroxylation is 1. The fraction of sp³-hybridized carbons (Fsp3) is 0.385. The molecule has 1 amide bonds. The molecule has 4 N–H and O–H groups in total. The van der Waals surface area contributed by atoms with Crippen LogP contribution in [0.5, 0.6) is 0 Å². The first kappa shape index (κ1) is 14.0. The summed E-state index contributed by atoms with van der Waals surface area (Å²) in [7, 11) is 0. The van der Waals surface area contributed by atoms with Gasteiger partial charge < -0.3 is 16.3 Å². The highest BCUT2D eigenvalue weighted by atomic mass is 16.4. The van der Waals surface area contributed by atoms with Gasteiger partial charge in [-0.1, -0.05) is 24.2 Å². The molecule has 0 heterocycles. The Balaban J connectivity index is 2.91. The number of nitrogens with one attached hydrogen (secondary N) is 1. The van der Waals surface area contributed by atoms with Crippen LogP contribution < -0.4 is 11.1 Å². The highest BCUT2D eigenvalue weighted by Gasteiger charge is 2.17. The van der Waals surface area contributed by atoms with Gasteiger partial charge in [0.05, 0.1) is 6.04 Å². The molecule has 18 heavy (non-hydrogen) atoms. The van der Waals surface area contributed by atoms with Crippen molar-refractivity contribution in [3.05, 3.63) is 34.9 Å². The fourth-order valence-electron chi connectivity index (χ4n) is 1.69. The van der Waals surface area contributed by atoms with Crippen molar-refractivity contribution in [3.63, 3.8) is 0 Å². The first-order valence-electron chi connectivity index (χ1n) is 5.85. The lowest BCUT2D eigenvalue weighted by Gasteiger charge is -2.16. The number of nitrogens with zero attached hydrogens (tertiary/aromatic N) is 1. The largest absolute Gasteiger partial charge is 0.409 e. The van der Waals surface area contributed by atoms with Crippen LogP contribution >= 0.6 is 0 Å². The van der Waals surface area contributed by atoms with E-state index in [1.807, 2.05) is 32.9 Å². The molecule has 1 atom stereocenters. The number of rotatable bonds is 4. The van der Waals surface area contributed by atoms with E-state index in [0.29, 0.717) is 12.0 Å². The number of hydrogen-bond acceptors (Lipinski definition) is 3. The predicted octanol–water partition coefficient (Wildman–Crippen LogP) is 1.56. The Morgan fingerprint density at radius 3 is 2.72 bits per heavy atom. The molecule has 0 saturated carbocycles. The van der Waals surface area contributed by atoms with E-state index in [-0.39, 0.29) is 11.7 Å². The maximum Gasteiger partial charge on any atom is 0.252 e. The summed E-state index contributed by atoms with van der Waals surface area (Å²) in [5.41, 5.74) is 8.11. The number of carbonyl (C=O) groups excluding carboxylic acids is 1. The van der Waals surface area contributed by atoms with E-state index < -0.39 is 6.04 Å². The lowest BCUT2D eigenvalue weighted by atomic mass is 10.0. The summed E-state index contributed by atoms with van der Waals surface area (Å²) in [4.78, 5) is 12.1. The van der Waals surface area contributed by atoms with Crippen molar-refractivity contribution < 1.29 is 10.0 Å². The summed E-state index contributed by atoms with van der Waals surface area (Å²) in [5.74, 6) is -0.203. The van der Waals surface area contributed by atoms with E-state index in [9.17, 15) is 4.79 Å². The Hall–Kier alpha value is -2.04. The molecule has 1 aromatic carbocycles. The zero-order valence-corrected chi connectivity index (χ0v) is 10.9. The van der Waals surface area contributed by atoms with E-state index in [0.717, 1.165) is 11.1 Å². The number of nitrogens with two attached hydrogens (primary N) is 1. The molecule has 0 aliphatic rings. The Labute approximate surface area is 107 Å². The van der Waals surface area contributed by atoms with E-state index >= 15 is 0 Å². The maximum atomic E-state index is 12.1. The van der Waals surface area contributed by atoms with Crippen molar-refractivity contribution in [2.24, 2.45) is 10.9 Å². The highest BCUT2D eigenvalue weighted by Crippen LogP contribution is 2.12. The first-order valence-corrected chi connectivity index (χ1v) is 5.85. The Bertz CT molecular complexity index is 469. The molecule has 0 spiro atoms. The van der Waals surface area contributed by atoms with Crippen molar-refractivity contribution >= 4 is 11.7 Å². The Morgan fingerprint density at radius 1 is 1.50 bits per heavy atom. The minimum absolute atomic E-state index is 0.0103. The molecule has 0 saturated heterocycles. The molecule has 0 aliphatic heterocycles. The van der Waals surface area contributed by atoms with Gasteiger partial charge in [-0.2, -0.15) is 0 Å². The molecule has 0 bridgehead atoms. The summed E-state index contributed by atoms with van der Waals surface area (Å²) in [6.45, 7) is 5.70. The standard InChI is InChI=1S/C13H19N3O2/c1-4-11(12(14)16-18)15-13(17)10-7-5-6-8(2)9(10)3/h5-7,11,18H,4H2,1-3H3,(H2,14,16)(H,15,17). The van der Waals surface area contributed by atoms with E-state index in [4.69, 9.17) is 10.9 Å². The molecule has 0 radical (unpaired) electrons. The SMILES string of the molecule is CCC(NC(=O)c1cccc(C)c1C)/C(N)=N/O. The topological polar surface area (TPSA) is 87.7 Å². The average Bonchev–Trinajstić information content (AvgIpc) is 2.37. The van der Waals surface area contributed by atoms with Crippen LogP contribution in [0, 0.1) is 13.8 Å². The summed E-state index contributed by atoms with van der Waals surface area (Å²) < 4.78 is 0. The summed E-state index contributed by atoms with van der Waals surface area (Å²) in [6, 6.07) is 5.09. The lowest BCUT2D eigenvalue weighted by molar-refractivity contribution is 0.0945. The Kier molecular flexibility index (Phi) is 4.71. The molecule has 1 aromatic rings. The molecule has 0 aromatic heterocycles. The van der Waals surface area contributed by atoms with Gasteiger partial charge in [-0.15, -0.1) is 0 Å². The van der Waals surface area contributed by atoms with Gasteiger partial charge in [0.25, 0.3) is 5.91 Å². The molecule has 98 valence electrons. The second-order valence-electron chi connectivity index (χ2n) is 4.21. The average molecular weight is 249 g/mol. The third-order valence-corrected chi connectivity index (χ3v) is 3.04. The van der Waals surface area contributed by atoms with Gasteiger partial charge in [0, 0.05) is 5.56 Å². The minimum Gasteiger partial charge on any atom is -0.409 e. The van der Waals surface area contributed by atoms with Crippen LogP contribution in [0.4, 0.5) is 0 Å². The van der Waals surface area contributed by atoms with Gasteiger partial charge >= 0.3 is 0 Å². The van der Waals surface area contributed by atoms with Gasteiger partial charge in [-0.3, -0.25) is 4.79 Å². The van der Waals surface area contributed by atoms with E-state index in [1.54, 1.807) is 6.07 Å². The fourth-order valence-corrected chi connectivity index (χ4v) is 1.69. The van der Waals surface area contributed by atoms with Crippen LogP contribution in [0.3, 0.4) is 0 Å². The highest BCUT2D eigenvalue weighted by molar-refractivity contribution is 5.99. The van der Waals surface area contributed by atoms with Crippen LogP contribution in [0.15, 0.2) is 23.4 Å². The number of carbonyl (C=O) groups is 1. The van der Waals surface area contributed by atoms with Crippen LogP contribution in [0.1, 0.15) is 34.8 Å². The second-order valence-corrected chi connectivity index (χ2v) is 4.21. The zero-order valence-electron chi connectivity index (χ0n) is 10.9. The van der Waals surface area contributed by atoms with Crippen molar-refractivity contribution in [1.29, 1.82) is 0 Å². The van der Waals surface area contributed by atoms with Crippen molar-refractivity contribution in [1.82, 2.24) is 5.32 Å². The van der Waals surface area contributed by atoms with Crippen molar-refractivity contribution in [3.8, 4) is 0 Å². The predicted molar refractivity (Wildman–Crippen MR) is 70.9 cm³/mol. The third kappa shape index (κ3) is 3.00. The van der Waals surface area contributed by atoms with Crippen LogP contribution in [0.2, 0.25) is 0 Å². The second kappa shape index (κ2) is 6.05. The smallest absolute Gasteiger partial charge is 0.252 e. The molecule has 5 heteroatoms. The first-order chi connectivity index (χ1) is 8.51. The van der Waals surface area contributed by atoms with Gasteiger partial charge in [-0.25, -0.2) is 0 Å².